The number of nitrogens with one attached hydrogen (secondary N) is 2. The molecule has 0 spiro atoms. The molecule has 3 N–H and O–H groups in total. The summed E-state index contributed by atoms with van der Waals surface area (Å²) in [6.45, 7) is 0.791. The lowest BCUT2D eigenvalue weighted by Gasteiger charge is -2.13. The molecule has 0 unspecified atom stereocenters. The lowest BCUT2D eigenvalue weighted by molar-refractivity contribution is 0.0936. The van der Waals surface area contributed by atoms with Crippen molar-refractivity contribution in [3.05, 3.63) is 11.9 Å². The van der Waals surface area contributed by atoms with Crippen molar-refractivity contribution in [3.8, 4) is 0 Å². The Balaban J connectivity index is 1.81. The first-order valence-electron chi connectivity index (χ1n) is 5.01. The van der Waals surface area contributed by atoms with Crippen LogP contribution in [0.25, 0.3) is 0 Å². The quantitative estimate of drug-likeness (QED) is 0.622. The third kappa shape index (κ3) is 2.33. The van der Waals surface area contributed by atoms with E-state index in [2.05, 4.69) is 20.7 Å². The van der Waals surface area contributed by atoms with Gasteiger partial charge in [-0.1, -0.05) is 0 Å². The van der Waals surface area contributed by atoms with Crippen molar-refractivity contribution < 1.29 is 9.90 Å². The molecule has 1 aromatic rings. The van der Waals surface area contributed by atoms with Gasteiger partial charge in [0, 0.05) is 13.2 Å². The lowest BCUT2D eigenvalue weighted by Crippen LogP contribution is -2.30. The molecule has 6 heteroatoms. The highest BCUT2D eigenvalue weighted by atomic mass is 16.3. The van der Waals surface area contributed by atoms with Crippen LogP contribution in [0.4, 0.5) is 0 Å². The molecule has 82 valence electrons. The average Bonchev–Trinajstić information content (AvgIpc) is 2.81. The van der Waals surface area contributed by atoms with Crippen LogP contribution < -0.4 is 5.32 Å². The summed E-state index contributed by atoms with van der Waals surface area (Å²) in [7, 11) is 0. The van der Waals surface area contributed by atoms with Gasteiger partial charge in [-0.15, -0.1) is 0 Å². The van der Waals surface area contributed by atoms with Gasteiger partial charge >= 0.3 is 0 Å². The fourth-order valence-corrected chi connectivity index (χ4v) is 1.60. The molecule has 0 aromatic carbocycles. The molecule has 6 nitrogen and oxygen atoms in total. The van der Waals surface area contributed by atoms with Crippen LogP contribution in [0.3, 0.4) is 0 Å². The number of amides is 1. The molecule has 2 rings (SSSR count). The number of rotatable bonds is 5. The Kier molecular flexibility index (Phi) is 2.68. The van der Waals surface area contributed by atoms with Crippen molar-refractivity contribution in [1.82, 2.24) is 20.7 Å². The standard InChI is InChI=1S/C9H14N4O2/c14-4-3-9(1-2-9)6-10-8(15)7-5-11-13-12-7/h5,14H,1-4,6H2,(H,10,15)(H,11,12,13). The Morgan fingerprint density at radius 2 is 2.47 bits per heavy atom. The van der Waals surface area contributed by atoms with Gasteiger partial charge in [-0.3, -0.25) is 4.79 Å². The summed E-state index contributed by atoms with van der Waals surface area (Å²) in [5.41, 5.74) is 0.434. The van der Waals surface area contributed by atoms with Crippen molar-refractivity contribution in [3.63, 3.8) is 0 Å². The first-order chi connectivity index (χ1) is 7.26. The van der Waals surface area contributed by atoms with Crippen LogP contribution in [0.15, 0.2) is 6.20 Å². The number of carbonyl (C=O) groups excluding carboxylic acids is 1. The van der Waals surface area contributed by atoms with E-state index in [-0.39, 0.29) is 17.9 Å². The number of hydrogen-bond donors (Lipinski definition) is 3. The smallest absolute Gasteiger partial charge is 0.273 e. The first kappa shape index (κ1) is 10.1. The Bertz CT molecular complexity index is 332. The number of aliphatic hydroxyl groups is 1. The number of aromatic nitrogens is 3. The van der Waals surface area contributed by atoms with Crippen LogP contribution in [-0.4, -0.2) is 39.6 Å². The molecule has 1 aliphatic rings. The monoisotopic (exact) mass is 210 g/mol. The van der Waals surface area contributed by atoms with E-state index in [1.54, 1.807) is 0 Å². The largest absolute Gasteiger partial charge is 0.396 e. The van der Waals surface area contributed by atoms with Crippen molar-refractivity contribution in [2.75, 3.05) is 13.2 Å². The topological polar surface area (TPSA) is 90.9 Å². The van der Waals surface area contributed by atoms with Gasteiger partial charge in [0.2, 0.25) is 0 Å². The minimum Gasteiger partial charge on any atom is -0.396 e. The third-order valence-electron chi connectivity index (χ3n) is 2.87. The number of nitrogens with zero attached hydrogens (tertiary/aromatic N) is 2. The van der Waals surface area contributed by atoms with Crippen LogP contribution in [0.2, 0.25) is 0 Å². The number of carbonyl (C=O) groups is 1. The molecule has 1 aromatic heterocycles. The summed E-state index contributed by atoms with van der Waals surface area (Å²) in [5.74, 6) is -0.215. The molecule has 1 aliphatic carbocycles. The van der Waals surface area contributed by atoms with Crippen molar-refractivity contribution in [2.24, 2.45) is 5.41 Å². The molecule has 15 heavy (non-hydrogen) atoms. The molecule has 0 saturated heterocycles. The van der Waals surface area contributed by atoms with E-state index in [1.807, 2.05) is 0 Å². The zero-order valence-corrected chi connectivity index (χ0v) is 8.36. The minimum atomic E-state index is -0.215. The van der Waals surface area contributed by atoms with Gasteiger partial charge in [-0.25, -0.2) is 0 Å². The second-order valence-corrected chi connectivity index (χ2v) is 4.01. The minimum absolute atomic E-state index is 0.133. The molecule has 0 bridgehead atoms. The Morgan fingerprint density at radius 3 is 3.00 bits per heavy atom. The summed E-state index contributed by atoms with van der Waals surface area (Å²) in [6, 6.07) is 0. The van der Waals surface area contributed by atoms with Crippen LogP contribution >= 0.6 is 0 Å². The van der Waals surface area contributed by atoms with Gasteiger partial charge in [0.05, 0.1) is 6.20 Å². The normalized spacial score (nSPS) is 17.4. The maximum absolute atomic E-state index is 11.5. The lowest BCUT2D eigenvalue weighted by atomic mass is 10.0. The van der Waals surface area contributed by atoms with Crippen LogP contribution in [0, 0.1) is 5.41 Å². The molecular weight excluding hydrogens is 196 g/mol. The van der Waals surface area contributed by atoms with Crippen molar-refractivity contribution >= 4 is 5.91 Å². The van der Waals surface area contributed by atoms with E-state index in [4.69, 9.17) is 5.11 Å². The molecular formula is C9H14N4O2. The predicted octanol–water partition coefficient (Wildman–Crippen LogP) is -0.303. The molecule has 1 amide bonds. The second-order valence-electron chi connectivity index (χ2n) is 4.01. The summed E-state index contributed by atoms with van der Waals surface area (Å²) >= 11 is 0. The number of H-pyrrole nitrogens is 1. The number of aliphatic hydroxyl groups excluding tert-OH is 1. The van der Waals surface area contributed by atoms with E-state index in [0.29, 0.717) is 12.2 Å². The van der Waals surface area contributed by atoms with E-state index >= 15 is 0 Å². The highest BCUT2D eigenvalue weighted by molar-refractivity contribution is 5.91. The van der Waals surface area contributed by atoms with E-state index in [1.165, 1.54) is 6.20 Å². The van der Waals surface area contributed by atoms with Gasteiger partial charge < -0.3 is 10.4 Å². The summed E-state index contributed by atoms with van der Waals surface area (Å²) in [6.07, 6.45) is 4.30. The zero-order chi connectivity index (χ0) is 10.7. The van der Waals surface area contributed by atoms with Crippen LogP contribution in [-0.2, 0) is 0 Å². The SMILES string of the molecule is O=C(NCC1(CCO)CC1)c1cn[nH]n1. The van der Waals surface area contributed by atoms with E-state index in [9.17, 15) is 4.79 Å². The summed E-state index contributed by atoms with van der Waals surface area (Å²) < 4.78 is 0. The van der Waals surface area contributed by atoms with Crippen LogP contribution in [0.5, 0.6) is 0 Å². The zero-order valence-electron chi connectivity index (χ0n) is 8.36. The maximum atomic E-state index is 11.5. The van der Waals surface area contributed by atoms with Gasteiger partial charge in [0.15, 0.2) is 5.69 Å². The highest BCUT2D eigenvalue weighted by Gasteiger charge is 2.41. The molecule has 0 radical (unpaired) electrons. The maximum Gasteiger partial charge on any atom is 0.273 e. The average molecular weight is 210 g/mol. The Hall–Kier alpha value is -1.43. The predicted molar refractivity (Wildman–Crippen MR) is 52.1 cm³/mol. The van der Waals surface area contributed by atoms with Gasteiger partial charge in [0.25, 0.3) is 5.91 Å². The molecule has 0 atom stereocenters. The molecule has 1 heterocycles. The Morgan fingerprint density at radius 1 is 1.67 bits per heavy atom. The van der Waals surface area contributed by atoms with Crippen LogP contribution in [0.1, 0.15) is 29.8 Å². The fourth-order valence-electron chi connectivity index (χ4n) is 1.60. The first-order valence-corrected chi connectivity index (χ1v) is 5.01. The summed E-state index contributed by atoms with van der Waals surface area (Å²) in [5, 5.41) is 21.3. The third-order valence-corrected chi connectivity index (χ3v) is 2.87. The Labute approximate surface area is 87.1 Å². The molecule has 1 saturated carbocycles. The highest BCUT2D eigenvalue weighted by Crippen LogP contribution is 2.47. The molecule has 0 aliphatic heterocycles. The van der Waals surface area contributed by atoms with Crippen molar-refractivity contribution in [1.29, 1.82) is 0 Å². The van der Waals surface area contributed by atoms with E-state index in [0.717, 1.165) is 19.3 Å². The summed E-state index contributed by atoms with van der Waals surface area (Å²) in [4.78, 5) is 11.5. The van der Waals surface area contributed by atoms with Crippen molar-refractivity contribution in [2.45, 2.75) is 19.3 Å². The fraction of sp³-hybridized carbons (Fsp3) is 0.667. The number of hydrogen-bond acceptors (Lipinski definition) is 4. The van der Waals surface area contributed by atoms with Gasteiger partial charge in [-0.05, 0) is 24.7 Å². The molecule has 1 fully saturated rings. The second kappa shape index (κ2) is 3.98. The van der Waals surface area contributed by atoms with E-state index < -0.39 is 0 Å². The number of aromatic amines is 1. The van der Waals surface area contributed by atoms with Gasteiger partial charge in [0.1, 0.15) is 0 Å². The van der Waals surface area contributed by atoms with Gasteiger partial charge in [-0.2, -0.15) is 15.4 Å².